The van der Waals surface area contributed by atoms with Crippen molar-refractivity contribution in [3.8, 4) is 5.82 Å². The van der Waals surface area contributed by atoms with Crippen molar-refractivity contribution in [2.75, 3.05) is 11.9 Å². The first-order chi connectivity index (χ1) is 12.2. The second-order valence-electron chi connectivity index (χ2n) is 6.50. The summed E-state index contributed by atoms with van der Waals surface area (Å²) >= 11 is 0. The molecule has 2 N–H and O–H groups in total. The highest BCUT2D eigenvalue weighted by molar-refractivity contribution is 5.40. The van der Waals surface area contributed by atoms with Crippen LogP contribution in [0.2, 0.25) is 0 Å². The Labute approximate surface area is 146 Å². The fourth-order valence-corrected chi connectivity index (χ4v) is 3.50. The minimum absolute atomic E-state index is 0.408. The summed E-state index contributed by atoms with van der Waals surface area (Å²) < 4.78 is 1.88. The number of fused-ring (bicyclic) bond motifs is 1. The normalized spacial score (nSPS) is 19.4. The van der Waals surface area contributed by atoms with Crippen LogP contribution in [0, 0.1) is 6.92 Å². The third-order valence-electron chi connectivity index (χ3n) is 4.81. The molecule has 3 aromatic rings. The van der Waals surface area contributed by atoms with Gasteiger partial charge in [-0.1, -0.05) is 24.3 Å². The van der Waals surface area contributed by atoms with E-state index in [1.807, 2.05) is 35.9 Å². The molecule has 0 spiro atoms. The number of rotatable bonds is 4. The van der Waals surface area contributed by atoms with Gasteiger partial charge in [0.05, 0.1) is 12.4 Å². The summed E-state index contributed by atoms with van der Waals surface area (Å²) in [5.74, 6) is 2.20. The zero-order valence-electron chi connectivity index (χ0n) is 14.2. The molecule has 1 aliphatic carbocycles. The summed E-state index contributed by atoms with van der Waals surface area (Å²) in [4.78, 5) is 13.1. The second-order valence-corrected chi connectivity index (χ2v) is 6.50. The lowest BCUT2D eigenvalue weighted by atomic mass is 9.79. The standard InChI is InChI=1S/C19H21N5O/c1-14-21-9-10-24(14)18-12-20-11-17(23-18)22-13-19(25)8-4-6-15-5-2-3-7-16(15)19/h2-3,5,7,9-12,25H,4,6,8,13H2,1H3,(H,22,23)/t19-/m0/s1. The number of nitrogens with one attached hydrogen (secondary N) is 1. The van der Waals surface area contributed by atoms with Crippen molar-refractivity contribution < 1.29 is 5.11 Å². The Kier molecular flexibility index (Phi) is 3.97. The Balaban J connectivity index is 1.55. The average Bonchev–Trinajstić information content (AvgIpc) is 3.07. The molecular formula is C19H21N5O. The van der Waals surface area contributed by atoms with Crippen LogP contribution >= 0.6 is 0 Å². The monoisotopic (exact) mass is 335 g/mol. The van der Waals surface area contributed by atoms with Gasteiger partial charge in [-0.15, -0.1) is 0 Å². The van der Waals surface area contributed by atoms with E-state index < -0.39 is 5.60 Å². The molecule has 128 valence electrons. The first kappa shape index (κ1) is 15.8. The highest BCUT2D eigenvalue weighted by Gasteiger charge is 2.33. The molecule has 1 aliphatic rings. The van der Waals surface area contributed by atoms with Crippen molar-refractivity contribution in [3.05, 3.63) is 66.0 Å². The van der Waals surface area contributed by atoms with Gasteiger partial charge in [0.25, 0.3) is 0 Å². The quantitative estimate of drug-likeness (QED) is 0.766. The van der Waals surface area contributed by atoms with E-state index in [-0.39, 0.29) is 0 Å². The molecular weight excluding hydrogens is 314 g/mol. The Morgan fingerprint density at radius 2 is 2.16 bits per heavy atom. The Hall–Kier alpha value is -2.73. The van der Waals surface area contributed by atoms with Crippen LogP contribution < -0.4 is 5.32 Å². The lowest BCUT2D eigenvalue weighted by Crippen LogP contribution is -2.37. The summed E-state index contributed by atoms with van der Waals surface area (Å²) in [5.41, 5.74) is 1.37. The average molecular weight is 335 g/mol. The first-order valence-corrected chi connectivity index (χ1v) is 8.53. The molecule has 0 saturated heterocycles. The van der Waals surface area contributed by atoms with Crippen LogP contribution in [0.1, 0.15) is 29.8 Å². The number of aromatic nitrogens is 4. The van der Waals surface area contributed by atoms with Crippen molar-refractivity contribution in [2.24, 2.45) is 0 Å². The maximum absolute atomic E-state index is 11.2. The van der Waals surface area contributed by atoms with E-state index in [0.717, 1.165) is 30.7 Å². The van der Waals surface area contributed by atoms with Gasteiger partial charge in [0.2, 0.25) is 0 Å². The van der Waals surface area contributed by atoms with Gasteiger partial charge in [0, 0.05) is 18.9 Å². The molecule has 1 atom stereocenters. The molecule has 2 aromatic heterocycles. The summed E-state index contributed by atoms with van der Waals surface area (Å²) in [6.45, 7) is 2.33. The summed E-state index contributed by atoms with van der Waals surface area (Å²) in [6.07, 6.45) is 9.71. The van der Waals surface area contributed by atoms with Gasteiger partial charge in [-0.25, -0.2) is 9.97 Å². The Morgan fingerprint density at radius 1 is 1.28 bits per heavy atom. The number of imidazole rings is 1. The SMILES string of the molecule is Cc1nccn1-c1cncc(NC[C@@]2(O)CCCc3ccccc32)n1. The summed E-state index contributed by atoms with van der Waals surface area (Å²) in [5, 5.41) is 14.4. The van der Waals surface area contributed by atoms with Gasteiger partial charge in [0.15, 0.2) is 5.82 Å². The van der Waals surface area contributed by atoms with E-state index in [0.29, 0.717) is 18.2 Å². The predicted molar refractivity (Wildman–Crippen MR) is 95.7 cm³/mol. The van der Waals surface area contributed by atoms with E-state index in [4.69, 9.17) is 0 Å². The second kappa shape index (κ2) is 6.29. The molecule has 4 rings (SSSR count). The van der Waals surface area contributed by atoms with Crippen molar-refractivity contribution >= 4 is 5.82 Å². The van der Waals surface area contributed by atoms with Gasteiger partial charge >= 0.3 is 0 Å². The van der Waals surface area contributed by atoms with Crippen molar-refractivity contribution in [1.29, 1.82) is 0 Å². The number of aryl methyl sites for hydroxylation is 2. The molecule has 0 fully saturated rings. The minimum atomic E-state index is -0.878. The van der Waals surface area contributed by atoms with Gasteiger partial charge in [0.1, 0.15) is 17.2 Å². The van der Waals surface area contributed by atoms with Crippen molar-refractivity contribution in [1.82, 2.24) is 19.5 Å². The molecule has 0 saturated carbocycles. The van der Waals surface area contributed by atoms with Crippen LogP contribution in [0.4, 0.5) is 5.82 Å². The molecule has 0 bridgehead atoms. The molecule has 6 nitrogen and oxygen atoms in total. The zero-order chi connectivity index (χ0) is 17.3. The smallest absolute Gasteiger partial charge is 0.159 e. The van der Waals surface area contributed by atoms with Crippen LogP contribution in [0.25, 0.3) is 5.82 Å². The highest BCUT2D eigenvalue weighted by Crippen LogP contribution is 2.35. The molecule has 0 amide bonds. The van der Waals surface area contributed by atoms with Crippen LogP contribution in [0.15, 0.2) is 49.1 Å². The van der Waals surface area contributed by atoms with Gasteiger partial charge < -0.3 is 10.4 Å². The fraction of sp³-hybridized carbons (Fsp3) is 0.316. The molecule has 0 aliphatic heterocycles. The van der Waals surface area contributed by atoms with E-state index in [2.05, 4.69) is 26.3 Å². The van der Waals surface area contributed by atoms with E-state index in [1.54, 1.807) is 18.6 Å². The zero-order valence-corrected chi connectivity index (χ0v) is 14.2. The molecule has 25 heavy (non-hydrogen) atoms. The number of hydrogen-bond donors (Lipinski definition) is 2. The fourth-order valence-electron chi connectivity index (χ4n) is 3.50. The molecule has 2 heterocycles. The molecule has 6 heteroatoms. The van der Waals surface area contributed by atoms with Crippen LogP contribution in [-0.2, 0) is 12.0 Å². The number of benzene rings is 1. The van der Waals surface area contributed by atoms with Crippen LogP contribution in [-0.4, -0.2) is 31.2 Å². The summed E-state index contributed by atoms with van der Waals surface area (Å²) in [6, 6.07) is 8.13. The maximum Gasteiger partial charge on any atom is 0.159 e. The van der Waals surface area contributed by atoms with E-state index in [1.165, 1.54) is 5.56 Å². The lowest BCUT2D eigenvalue weighted by molar-refractivity contribution is 0.0322. The number of anilines is 1. The lowest BCUT2D eigenvalue weighted by Gasteiger charge is -2.34. The minimum Gasteiger partial charge on any atom is -0.383 e. The predicted octanol–water partition coefficient (Wildman–Crippen LogP) is 2.61. The van der Waals surface area contributed by atoms with Crippen LogP contribution in [0.5, 0.6) is 0 Å². The first-order valence-electron chi connectivity index (χ1n) is 8.53. The topological polar surface area (TPSA) is 75.9 Å². The number of hydrogen-bond acceptors (Lipinski definition) is 5. The highest BCUT2D eigenvalue weighted by atomic mass is 16.3. The molecule has 0 radical (unpaired) electrons. The largest absolute Gasteiger partial charge is 0.383 e. The van der Waals surface area contributed by atoms with E-state index >= 15 is 0 Å². The number of aliphatic hydroxyl groups is 1. The van der Waals surface area contributed by atoms with Gasteiger partial charge in [-0.3, -0.25) is 9.55 Å². The third kappa shape index (κ3) is 3.00. The summed E-state index contributed by atoms with van der Waals surface area (Å²) in [7, 11) is 0. The number of nitrogens with zero attached hydrogens (tertiary/aromatic N) is 4. The van der Waals surface area contributed by atoms with Gasteiger partial charge in [-0.05, 0) is 37.3 Å². The third-order valence-corrected chi connectivity index (χ3v) is 4.81. The van der Waals surface area contributed by atoms with E-state index in [9.17, 15) is 5.11 Å². The van der Waals surface area contributed by atoms with Crippen LogP contribution in [0.3, 0.4) is 0 Å². The Morgan fingerprint density at radius 3 is 3.00 bits per heavy atom. The van der Waals surface area contributed by atoms with Gasteiger partial charge in [-0.2, -0.15) is 0 Å². The van der Waals surface area contributed by atoms with Crippen molar-refractivity contribution in [2.45, 2.75) is 31.8 Å². The Bertz CT molecular complexity index is 891. The molecule has 0 unspecified atom stereocenters. The molecule has 1 aromatic carbocycles. The maximum atomic E-state index is 11.2. The van der Waals surface area contributed by atoms with Crippen molar-refractivity contribution in [3.63, 3.8) is 0 Å².